The number of unbranched alkanes of at least 4 members (excludes halogenated alkanes) is 9. The molecule has 7 heteroatoms. The summed E-state index contributed by atoms with van der Waals surface area (Å²) in [6.45, 7) is 3.39. The molecule has 0 bridgehead atoms. The van der Waals surface area contributed by atoms with Gasteiger partial charge in [-0.25, -0.2) is 8.42 Å². The van der Waals surface area contributed by atoms with Crippen molar-refractivity contribution in [2.75, 3.05) is 0 Å². The van der Waals surface area contributed by atoms with Gasteiger partial charge in [-0.05, 0) is 30.5 Å². The molecule has 0 aliphatic carbocycles. The number of esters is 1. The number of rotatable bonds is 13. The van der Waals surface area contributed by atoms with Gasteiger partial charge in [0.15, 0.2) is 0 Å². The first-order chi connectivity index (χ1) is 12.3. The number of aryl methyl sites for hydroxylation is 1. The van der Waals surface area contributed by atoms with Crippen LogP contribution >= 0.6 is 0 Å². The van der Waals surface area contributed by atoms with Crippen LogP contribution in [-0.4, -0.2) is 18.9 Å². The van der Waals surface area contributed by atoms with E-state index in [0.29, 0.717) is 6.42 Å². The smallest absolute Gasteiger partial charge is 0.744 e. The monoisotopic (exact) mass is 406 g/mol. The quantitative estimate of drug-likeness (QED) is 0.164. The van der Waals surface area contributed by atoms with Gasteiger partial charge >= 0.3 is 35.5 Å². The van der Waals surface area contributed by atoms with E-state index in [1.807, 2.05) is 0 Å². The molecule has 0 unspecified atom stereocenters. The third-order valence-electron chi connectivity index (χ3n) is 4.35. The Labute approximate surface area is 186 Å². The van der Waals surface area contributed by atoms with E-state index in [9.17, 15) is 17.8 Å². The average Bonchev–Trinajstić information content (AvgIpc) is 2.56. The molecule has 0 spiro atoms. The van der Waals surface area contributed by atoms with Gasteiger partial charge in [0.1, 0.15) is 15.9 Å². The third-order valence-corrected chi connectivity index (χ3v) is 5.21. The van der Waals surface area contributed by atoms with Crippen molar-refractivity contribution >= 4 is 16.1 Å². The maximum atomic E-state index is 11.4. The molecule has 0 radical (unpaired) electrons. The Morgan fingerprint density at radius 3 is 1.96 bits per heavy atom. The first-order valence-electron chi connectivity index (χ1n) is 9.62. The van der Waals surface area contributed by atoms with E-state index >= 15 is 0 Å². The van der Waals surface area contributed by atoms with Gasteiger partial charge in [-0.1, -0.05) is 70.8 Å². The molecule has 0 N–H and O–H groups in total. The first kappa shape index (κ1) is 26.6. The molecule has 0 saturated heterocycles. The van der Waals surface area contributed by atoms with Crippen molar-refractivity contribution < 1.29 is 52.1 Å². The number of hydrogen-bond donors (Lipinski definition) is 0. The van der Waals surface area contributed by atoms with Crippen LogP contribution in [0.5, 0.6) is 5.75 Å². The Balaban J connectivity index is 0.00000676. The fraction of sp³-hybridized carbons (Fsp3) is 0.650. The van der Waals surface area contributed by atoms with Crippen molar-refractivity contribution in [3.63, 3.8) is 0 Å². The van der Waals surface area contributed by atoms with Gasteiger partial charge in [0, 0.05) is 6.92 Å². The van der Waals surface area contributed by atoms with E-state index in [1.54, 1.807) is 6.07 Å². The zero-order chi connectivity index (χ0) is 19.4. The molecule has 0 heterocycles. The number of carbonyl (C=O) groups excluding carboxylic acids is 1. The first-order valence-corrected chi connectivity index (χ1v) is 11.0. The topological polar surface area (TPSA) is 83.5 Å². The molecule has 27 heavy (non-hydrogen) atoms. The molecular formula is C20H31NaO5S. The van der Waals surface area contributed by atoms with Crippen LogP contribution < -0.4 is 34.3 Å². The molecule has 1 rings (SSSR count). The van der Waals surface area contributed by atoms with E-state index in [0.717, 1.165) is 18.4 Å². The molecule has 1 aromatic carbocycles. The Kier molecular flexibility index (Phi) is 14.4. The molecule has 0 aliphatic heterocycles. The molecule has 1 aromatic rings. The number of hydrogen-bond acceptors (Lipinski definition) is 5. The van der Waals surface area contributed by atoms with Crippen molar-refractivity contribution in [2.45, 2.75) is 89.4 Å². The van der Waals surface area contributed by atoms with Crippen LogP contribution in [0.4, 0.5) is 0 Å². The molecule has 0 saturated carbocycles. The van der Waals surface area contributed by atoms with Gasteiger partial charge in [0.25, 0.3) is 0 Å². The summed E-state index contributed by atoms with van der Waals surface area (Å²) in [7, 11) is -4.68. The predicted octanol–water partition coefficient (Wildman–Crippen LogP) is 1.98. The Morgan fingerprint density at radius 1 is 0.963 bits per heavy atom. The summed E-state index contributed by atoms with van der Waals surface area (Å²) in [4.78, 5) is 10.6. The molecule has 148 valence electrons. The molecular weight excluding hydrogens is 375 g/mol. The fourth-order valence-corrected chi connectivity index (χ4v) is 3.61. The van der Waals surface area contributed by atoms with Crippen LogP contribution in [0.3, 0.4) is 0 Å². The summed E-state index contributed by atoms with van der Waals surface area (Å²) in [6.07, 6.45) is 13.0. The Bertz CT molecular complexity index is 658. The summed E-state index contributed by atoms with van der Waals surface area (Å²) in [6, 6.07) is 4.42. The maximum Gasteiger partial charge on any atom is 1.00 e. The minimum Gasteiger partial charge on any atom is -0.744 e. The standard InChI is InChI=1S/C20H32O5S.Na/c1-3-4-5-6-7-8-9-10-11-12-13-18-14-15-19(25-17(2)21)20(16-18)26(22,23)24;/h14-16H,3-13H2,1-2H3,(H,22,23,24);/q;+1/p-1. The maximum absolute atomic E-state index is 11.4. The van der Waals surface area contributed by atoms with Crippen LogP contribution in [0.25, 0.3) is 0 Å². The number of carbonyl (C=O) groups is 1. The second-order valence-electron chi connectivity index (χ2n) is 6.76. The van der Waals surface area contributed by atoms with Gasteiger partial charge in [-0.3, -0.25) is 4.79 Å². The van der Waals surface area contributed by atoms with Crippen LogP contribution in [0.1, 0.15) is 83.6 Å². The summed E-state index contributed by atoms with van der Waals surface area (Å²) in [5.41, 5.74) is 0.773. The molecule has 0 fully saturated rings. The van der Waals surface area contributed by atoms with E-state index in [-0.39, 0.29) is 35.3 Å². The van der Waals surface area contributed by atoms with Gasteiger partial charge in [0.05, 0.1) is 4.90 Å². The summed E-state index contributed by atoms with van der Waals surface area (Å²) in [5, 5.41) is 0. The van der Waals surface area contributed by atoms with E-state index < -0.39 is 21.0 Å². The largest absolute Gasteiger partial charge is 1.00 e. The molecule has 5 nitrogen and oxygen atoms in total. The van der Waals surface area contributed by atoms with Gasteiger partial charge in [0.2, 0.25) is 0 Å². The van der Waals surface area contributed by atoms with Gasteiger partial charge in [-0.2, -0.15) is 0 Å². The zero-order valence-corrected chi connectivity index (χ0v) is 19.8. The molecule has 0 aromatic heterocycles. The van der Waals surface area contributed by atoms with Crippen LogP contribution in [0.15, 0.2) is 23.1 Å². The predicted molar refractivity (Wildman–Crippen MR) is 101 cm³/mol. The van der Waals surface area contributed by atoms with Crippen molar-refractivity contribution in [1.82, 2.24) is 0 Å². The average molecular weight is 407 g/mol. The normalized spacial score (nSPS) is 11.1. The van der Waals surface area contributed by atoms with E-state index in [4.69, 9.17) is 4.74 Å². The SMILES string of the molecule is CCCCCCCCCCCCc1ccc(OC(C)=O)c(S(=O)(=O)[O-])c1.[Na+]. The Hall–Kier alpha value is -0.400. The van der Waals surface area contributed by atoms with E-state index in [2.05, 4.69) is 6.92 Å². The summed E-state index contributed by atoms with van der Waals surface area (Å²) < 4.78 is 39.0. The second kappa shape index (κ2) is 14.6. The van der Waals surface area contributed by atoms with Gasteiger partial charge < -0.3 is 9.29 Å². The third kappa shape index (κ3) is 11.9. The van der Waals surface area contributed by atoms with Crippen molar-refractivity contribution in [1.29, 1.82) is 0 Å². The van der Waals surface area contributed by atoms with Crippen LogP contribution in [0.2, 0.25) is 0 Å². The van der Waals surface area contributed by atoms with Crippen molar-refractivity contribution in [2.24, 2.45) is 0 Å². The van der Waals surface area contributed by atoms with Crippen LogP contribution in [-0.2, 0) is 21.3 Å². The van der Waals surface area contributed by atoms with Crippen molar-refractivity contribution in [3.05, 3.63) is 23.8 Å². The van der Waals surface area contributed by atoms with Crippen molar-refractivity contribution in [3.8, 4) is 5.75 Å². The minimum absolute atomic E-state index is 0. The Morgan fingerprint density at radius 2 is 1.48 bits per heavy atom. The number of benzene rings is 1. The molecule has 0 aliphatic rings. The number of ether oxygens (including phenoxy) is 1. The zero-order valence-electron chi connectivity index (χ0n) is 17.0. The summed E-state index contributed by atoms with van der Waals surface area (Å²) in [5.74, 6) is -0.850. The fourth-order valence-electron chi connectivity index (χ4n) is 2.96. The summed E-state index contributed by atoms with van der Waals surface area (Å²) >= 11 is 0. The minimum atomic E-state index is -4.68. The molecule has 0 atom stereocenters. The van der Waals surface area contributed by atoms with Gasteiger partial charge in [-0.15, -0.1) is 0 Å². The second-order valence-corrected chi connectivity index (χ2v) is 8.11. The van der Waals surface area contributed by atoms with Crippen LogP contribution in [0, 0.1) is 0 Å². The van der Waals surface area contributed by atoms with E-state index in [1.165, 1.54) is 70.4 Å². The molecule has 0 amide bonds.